The smallest absolute Gasteiger partial charge is 0.321 e. The van der Waals surface area contributed by atoms with Gasteiger partial charge in [0.25, 0.3) is 0 Å². The van der Waals surface area contributed by atoms with Gasteiger partial charge in [-0.05, 0) is 13.3 Å². The van der Waals surface area contributed by atoms with Crippen LogP contribution in [0.2, 0.25) is 0 Å². The molecule has 2 saturated heterocycles. The summed E-state index contributed by atoms with van der Waals surface area (Å²) < 4.78 is 0.557. The Bertz CT molecular complexity index is 566. The van der Waals surface area contributed by atoms with Crippen molar-refractivity contribution in [1.29, 1.82) is 0 Å². The predicted octanol–water partition coefficient (Wildman–Crippen LogP) is -0.424. The molecule has 2 fully saturated rings. The molecule has 1 aromatic rings. The van der Waals surface area contributed by atoms with E-state index < -0.39 is 16.6 Å². The summed E-state index contributed by atoms with van der Waals surface area (Å²) in [4.78, 5) is 29.0. The average molecular weight is 312 g/mol. The van der Waals surface area contributed by atoms with Gasteiger partial charge in [0.2, 0.25) is 5.91 Å². The molecule has 1 unspecified atom stereocenters. The second kappa shape index (κ2) is 4.99. The normalized spacial score (nSPS) is 32.7. The average Bonchev–Trinajstić information content (AvgIpc) is 3.06. The van der Waals surface area contributed by atoms with Gasteiger partial charge < -0.3 is 15.1 Å². The van der Waals surface area contributed by atoms with Crippen molar-refractivity contribution in [3.63, 3.8) is 0 Å². The second-order valence-electron chi connectivity index (χ2n) is 5.49. The number of carboxylic acid groups (broad SMARTS) is 1. The largest absolute Gasteiger partial charge is 0.480 e. The highest BCUT2D eigenvalue weighted by molar-refractivity contribution is 8.02. The molecule has 3 heterocycles. The first-order chi connectivity index (χ1) is 9.98. The summed E-state index contributed by atoms with van der Waals surface area (Å²) >= 11 is 1.26. The number of rotatable bonds is 5. The standard InChI is InChI=1S/C12H16N4O4S/c1-7(16-6-13-5-14-16)2-12(11(19)20)4-15-9(18)8(3-17)10(15)21-12/h5-8,10,17H,2-4H2,1H3,(H,19,20)/t7-,8+,10-,12?/m1/s1. The molecule has 1 aromatic heterocycles. The van der Waals surface area contributed by atoms with Crippen LogP contribution in [0.25, 0.3) is 0 Å². The van der Waals surface area contributed by atoms with E-state index >= 15 is 0 Å². The number of thioether (sulfide) groups is 1. The van der Waals surface area contributed by atoms with Crippen LogP contribution < -0.4 is 0 Å². The van der Waals surface area contributed by atoms with Gasteiger partial charge in [0.15, 0.2) is 0 Å². The lowest BCUT2D eigenvalue weighted by molar-refractivity contribution is -0.152. The third-order valence-corrected chi connectivity index (χ3v) is 5.87. The van der Waals surface area contributed by atoms with Crippen molar-refractivity contribution in [3.05, 3.63) is 12.7 Å². The van der Waals surface area contributed by atoms with Gasteiger partial charge in [-0.1, -0.05) is 0 Å². The fourth-order valence-electron chi connectivity index (χ4n) is 2.95. The minimum Gasteiger partial charge on any atom is -0.480 e. The van der Waals surface area contributed by atoms with Crippen LogP contribution in [0, 0.1) is 5.92 Å². The molecular weight excluding hydrogens is 296 g/mol. The molecule has 0 aliphatic carbocycles. The monoisotopic (exact) mass is 312 g/mol. The van der Waals surface area contributed by atoms with Gasteiger partial charge in [-0.3, -0.25) is 14.3 Å². The number of aliphatic carboxylic acids is 1. The SMILES string of the molecule is C[C@H](CC1(C(=O)O)CN2C(=O)[C@H](CO)[C@H]2S1)n1cncn1. The van der Waals surface area contributed by atoms with Crippen molar-refractivity contribution in [2.45, 2.75) is 29.5 Å². The molecule has 1 amide bonds. The summed E-state index contributed by atoms with van der Waals surface area (Å²) in [5.41, 5.74) is 0. The number of aromatic nitrogens is 3. The molecule has 8 nitrogen and oxygen atoms in total. The molecule has 2 N–H and O–H groups in total. The zero-order valence-corrected chi connectivity index (χ0v) is 12.2. The first-order valence-electron chi connectivity index (χ1n) is 6.65. The number of carboxylic acids is 1. The molecule has 2 aliphatic heterocycles. The molecular formula is C12H16N4O4S. The maximum absolute atomic E-state index is 11.8. The highest BCUT2D eigenvalue weighted by Gasteiger charge is 2.61. The summed E-state index contributed by atoms with van der Waals surface area (Å²) in [7, 11) is 0. The van der Waals surface area contributed by atoms with E-state index in [1.54, 1.807) is 15.9 Å². The molecule has 4 atom stereocenters. The molecule has 0 saturated carbocycles. The quantitative estimate of drug-likeness (QED) is 0.710. The van der Waals surface area contributed by atoms with Gasteiger partial charge in [-0.2, -0.15) is 5.10 Å². The van der Waals surface area contributed by atoms with Crippen molar-refractivity contribution in [2.24, 2.45) is 5.92 Å². The van der Waals surface area contributed by atoms with Crippen LogP contribution in [0.15, 0.2) is 12.7 Å². The summed E-state index contributed by atoms with van der Waals surface area (Å²) in [6, 6.07) is -0.141. The number of carbonyl (C=O) groups excluding carboxylic acids is 1. The number of hydrogen-bond donors (Lipinski definition) is 2. The number of aliphatic hydroxyl groups is 1. The van der Waals surface area contributed by atoms with Crippen LogP contribution in [0.3, 0.4) is 0 Å². The Kier molecular flexibility index (Phi) is 3.40. The Morgan fingerprint density at radius 1 is 1.67 bits per heavy atom. The van der Waals surface area contributed by atoms with Gasteiger partial charge in [-0.15, -0.1) is 11.8 Å². The summed E-state index contributed by atoms with van der Waals surface area (Å²) in [5.74, 6) is -1.57. The molecule has 9 heteroatoms. The van der Waals surface area contributed by atoms with Crippen molar-refractivity contribution < 1.29 is 19.8 Å². The van der Waals surface area contributed by atoms with E-state index in [9.17, 15) is 19.8 Å². The van der Waals surface area contributed by atoms with Crippen LogP contribution in [-0.2, 0) is 9.59 Å². The lowest BCUT2D eigenvalue weighted by Gasteiger charge is -2.40. The molecule has 0 radical (unpaired) electrons. The highest BCUT2D eigenvalue weighted by atomic mass is 32.2. The van der Waals surface area contributed by atoms with Crippen molar-refractivity contribution >= 4 is 23.6 Å². The minimum absolute atomic E-state index is 0.141. The first-order valence-corrected chi connectivity index (χ1v) is 7.53. The number of β-lactam (4-membered cyclic amide) rings is 1. The third kappa shape index (κ3) is 2.11. The summed E-state index contributed by atoms with van der Waals surface area (Å²) in [5, 5.41) is 22.7. The van der Waals surface area contributed by atoms with E-state index in [1.165, 1.54) is 18.1 Å². The Hall–Kier alpha value is -1.61. The van der Waals surface area contributed by atoms with Crippen molar-refractivity contribution in [1.82, 2.24) is 19.7 Å². The second-order valence-corrected chi connectivity index (χ2v) is 6.99. The molecule has 114 valence electrons. The number of amides is 1. The van der Waals surface area contributed by atoms with Crippen LogP contribution >= 0.6 is 11.8 Å². The Balaban J connectivity index is 1.79. The number of fused-ring (bicyclic) bond motifs is 1. The maximum atomic E-state index is 11.8. The lowest BCUT2D eigenvalue weighted by atomic mass is 9.94. The number of carbonyl (C=O) groups is 2. The molecule has 3 rings (SSSR count). The van der Waals surface area contributed by atoms with Gasteiger partial charge in [0.05, 0.1) is 23.9 Å². The van der Waals surface area contributed by atoms with E-state index in [-0.39, 0.29) is 30.5 Å². The minimum atomic E-state index is -1.06. The zero-order chi connectivity index (χ0) is 15.2. The highest BCUT2D eigenvalue weighted by Crippen LogP contribution is 2.52. The third-order valence-electron chi connectivity index (χ3n) is 4.12. The molecule has 0 bridgehead atoms. The van der Waals surface area contributed by atoms with Crippen LogP contribution in [-0.4, -0.2) is 65.0 Å². The van der Waals surface area contributed by atoms with Gasteiger partial charge in [-0.25, -0.2) is 4.98 Å². The Morgan fingerprint density at radius 3 is 3.00 bits per heavy atom. The van der Waals surface area contributed by atoms with Crippen LogP contribution in [0.4, 0.5) is 0 Å². The van der Waals surface area contributed by atoms with E-state index in [4.69, 9.17) is 0 Å². The summed E-state index contributed by atoms with van der Waals surface area (Å²) in [6.45, 7) is 1.81. The van der Waals surface area contributed by atoms with Crippen LogP contribution in [0.5, 0.6) is 0 Å². The summed E-state index contributed by atoms with van der Waals surface area (Å²) in [6.07, 6.45) is 3.30. The molecule has 0 spiro atoms. The molecule has 21 heavy (non-hydrogen) atoms. The Morgan fingerprint density at radius 2 is 2.43 bits per heavy atom. The van der Waals surface area contributed by atoms with E-state index in [1.807, 2.05) is 6.92 Å². The topological polar surface area (TPSA) is 109 Å². The predicted molar refractivity (Wildman–Crippen MR) is 73.4 cm³/mol. The molecule has 0 aromatic carbocycles. The molecule has 2 aliphatic rings. The van der Waals surface area contributed by atoms with Crippen molar-refractivity contribution in [3.8, 4) is 0 Å². The number of nitrogens with zero attached hydrogens (tertiary/aromatic N) is 4. The maximum Gasteiger partial charge on any atom is 0.321 e. The van der Waals surface area contributed by atoms with Gasteiger partial charge >= 0.3 is 5.97 Å². The van der Waals surface area contributed by atoms with E-state index in [2.05, 4.69) is 10.1 Å². The van der Waals surface area contributed by atoms with E-state index in [0.717, 1.165) is 0 Å². The van der Waals surface area contributed by atoms with Crippen molar-refractivity contribution in [2.75, 3.05) is 13.2 Å². The number of hydrogen-bond acceptors (Lipinski definition) is 6. The van der Waals surface area contributed by atoms with Gasteiger partial charge in [0.1, 0.15) is 17.4 Å². The van der Waals surface area contributed by atoms with Gasteiger partial charge in [0, 0.05) is 6.54 Å². The lowest BCUT2D eigenvalue weighted by Crippen LogP contribution is -2.58. The number of aliphatic hydroxyl groups excluding tert-OH is 1. The van der Waals surface area contributed by atoms with Crippen LogP contribution in [0.1, 0.15) is 19.4 Å². The van der Waals surface area contributed by atoms with E-state index in [0.29, 0.717) is 6.42 Å². The fourth-order valence-corrected chi connectivity index (χ4v) is 4.74. The first kappa shape index (κ1) is 14.3. The fraction of sp³-hybridized carbons (Fsp3) is 0.667. The zero-order valence-electron chi connectivity index (χ0n) is 11.4. The Labute approximate surface area is 125 Å².